The van der Waals surface area contributed by atoms with Gasteiger partial charge in [0.15, 0.2) is 0 Å². The summed E-state index contributed by atoms with van der Waals surface area (Å²) in [6, 6.07) is 6.26. The molecule has 3 aromatic rings. The number of nitrogens with one attached hydrogen (secondary N) is 1. The summed E-state index contributed by atoms with van der Waals surface area (Å²) in [7, 11) is 0. The van der Waals surface area contributed by atoms with Crippen LogP contribution in [0.4, 0.5) is 15.9 Å². The van der Waals surface area contributed by atoms with Gasteiger partial charge in [0, 0.05) is 10.6 Å². The van der Waals surface area contributed by atoms with Crippen LogP contribution in [0.3, 0.4) is 0 Å². The van der Waals surface area contributed by atoms with E-state index in [4.69, 9.17) is 0 Å². The number of nitrogens with zero attached hydrogens (tertiary/aromatic N) is 2. The molecule has 0 aliphatic heterocycles. The molecule has 0 atom stereocenters. The number of hydrogen-bond donors (Lipinski definition) is 1. The van der Waals surface area contributed by atoms with Gasteiger partial charge in [0.05, 0.1) is 5.39 Å². The molecular weight excluding hydrogens is 273 g/mol. The van der Waals surface area contributed by atoms with Gasteiger partial charge in [0.2, 0.25) is 0 Å². The minimum Gasteiger partial charge on any atom is -0.340 e. The van der Waals surface area contributed by atoms with Gasteiger partial charge in [-0.15, -0.1) is 11.3 Å². The Morgan fingerprint density at radius 2 is 1.75 bits per heavy atom. The van der Waals surface area contributed by atoms with Gasteiger partial charge in [-0.05, 0) is 50.6 Å². The molecule has 2 heterocycles. The molecule has 0 saturated carbocycles. The van der Waals surface area contributed by atoms with E-state index >= 15 is 0 Å². The van der Waals surface area contributed by atoms with Crippen LogP contribution >= 0.6 is 11.3 Å². The smallest absolute Gasteiger partial charge is 0.143 e. The van der Waals surface area contributed by atoms with E-state index in [9.17, 15) is 4.39 Å². The van der Waals surface area contributed by atoms with Gasteiger partial charge < -0.3 is 5.32 Å². The highest BCUT2D eigenvalue weighted by molar-refractivity contribution is 7.18. The summed E-state index contributed by atoms with van der Waals surface area (Å²) in [5.74, 6) is 1.26. The molecule has 20 heavy (non-hydrogen) atoms. The van der Waals surface area contributed by atoms with Gasteiger partial charge in [0.25, 0.3) is 0 Å². The first kappa shape index (κ1) is 13.0. The summed E-state index contributed by atoms with van der Waals surface area (Å²) in [6.07, 6.45) is 0. The molecule has 1 aromatic carbocycles. The molecule has 0 amide bonds. The Kier molecular flexibility index (Phi) is 3.14. The molecule has 3 nitrogen and oxygen atoms in total. The Morgan fingerprint density at radius 3 is 2.45 bits per heavy atom. The molecular formula is C15H14FN3S. The highest BCUT2D eigenvalue weighted by Crippen LogP contribution is 2.34. The SMILES string of the molecule is Cc1nc(Nc2ccc(F)cc2)c2c(C)c(C)sc2n1. The van der Waals surface area contributed by atoms with E-state index in [1.54, 1.807) is 23.5 Å². The predicted octanol–water partition coefficient (Wildman–Crippen LogP) is 4.50. The van der Waals surface area contributed by atoms with E-state index in [0.717, 1.165) is 27.5 Å². The number of benzene rings is 1. The first-order chi connectivity index (χ1) is 9.54. The Bertz CT molecular complexity index is 778. The van der Waals surface area contributed by atoms with E-state index in [1.165, 1.54) is 22.6 Å². The molecule has 0 radical (unpaired) electrons. The fraction of sp³-hybridized carbons (Fsp3) is 0.200. The molecule has 0 spiro atoms. The topological polar surface area (TPSA) is 37.8 Å². The number of rotatable bonds is 2. The maximum atomic E-state index is 13.0. The van der Waals surface area contributed by atoms with Crippen LogP contribution in [0, 0.1) is 26.6 Å². The highest BCUT2D eigenvalue weighted by Gasteiger charge is 2.13. The largest absolute Gasteiger partial charge is 0.340 e. The summed E-state index contributed by atoms with van der Waals surface area (Å²) < 4.78 is 13.0. The van der Waals surface area contributed by atoms with Crippen LogP contribution in [0.5, 0.6) is 0 Å². The van der Waals surface area contributed by atoms with Crippen LogP contribution in [-0.4, -0.2) is 9.97 Å². The Morgan fingerprint density at radius 1 is 1.05 bits per heavy atom. The average molecular weight is 287 g/mol. The van der Waals surface area contributed by atoms with Crippen molar-refractivity contribution in [2.24, 2.45) is 0 Å². The molecule has 0 unspecified atom stereocenters. The van der Waals surface area contributed by atoms with Gasteiger partial charge in [-0.3, -0.25) is 0 Å². The van der Waals surface area contributed by atoms with Crippen molar-refractivity contribution < 1.29 is 4.39 Å². The van der Waals surface area contributed by atoms with Crippen molar-refractivity contribution in [2.45, 2.75) is 20.8 Å². The van der Waals surface area contributed by atoms with Crippen LogP contribution in [0.2, 0.25) is 0 Å². The Labute approximate surface area is 120 Å². The first-order valence-corrected chi connectivity index (χ1v) is 7.13. The third-order valence-electron chi connectivity index (χ3n) is 3.25. The summed E-state index contributed by atoms with van der Waals surface area (Å²) in [5, 5.41) is 4.30. The number of aryl methyl sites for hydroxylation is 3. The lowest BCUT2D eigenvalue weighted by atomic mass is 10.2. The third kappa shape index (κ3) is 2.25. The van der Waals surface area contributed by atoms with E-state index in [1.807, 2.05) is 6.92 Å². The lowest BCUT2D eigenvalue weighted by Crippen LogP contribution is -1.98. The third-order valence-corrected chi connectivity index (χ3v) is 4.35. The molecule has 102 valence electrons. The number of aromatic nitrogens is 2. The minimum absolute atomic E-state index is 0.248. The van der Waals surface area contributed by atoms with Crippen molar-refractivity contribution >= 4 is 33.1 Å². The van der Waals surface area contributed by atoms with Crippen molar-refractivity contribution in [3.05, 3.63) is 46.3 Å². The highest BCUT2D eigenvalue weighted by atomic mass is 32.1. The van der Waals surface area contributed by atoms with Crippen LogP contribution in [0.15, 0.2) is 24.3 Å². The first-order valence-electron chi connectivity index (χ1n) is 6.31. The van der Waals surface area contributed by atoms with Crippen molar-refractivity contribution in [1.82, 2.24) is 9.97 Å². The second-order valence-electron chi connectivity index (χ2n) is 4.71. The maximum absolute atomic E-state index is 13.0. The second-order valence-corrected chi connectivity index (χ2v) is 5.92. The molecule has 5 heteroatoms. The summed E-state index contributed by atoms with van der Waals surface area (Å²) >= 11 is 1.67. The predicted molar refractivity (Wildman–Crippen MR) is 81.3 cm³/mol. The summed E-state index contributed by atoms with van der Waals surface area (Å²) in [6.45, 7) is 6.03. The van der Waals surface area contributed by atoms with Gasteiger partial charge in [-0.1, -0.05) is 0 Å². The fourth-order valence-corrected chi connectivity index (χ4v) is 3.19. The summed E-state index contributed by atoms with van der Waals surface area (Å²) in [5.41, 5.74) is 2.00. The normalized spacial score (nSPS) is 11.0. The van der Waals surface area contributed by atoms with Crippen molar-refractivity contribution in [1.29, 1.82) is 0 Å². The Balaban J connectivity index is 2.12. The standard InChI is InChI=1S/C15H14FN3S/c1-8-9(2)20-15-13(8)14(17-10(3)18-15)19-12-6-4-11(16)5-7-12/h4-7H,1-3H3,(H,17,18,19). The quantitative estimate of drug-likeness (QED) is 0.754. The van der Waals surface area contributed by atoms with Crippen LogP contribution in [0.25, 0.3) is 10.2 Å². The Hall–Kier alpha value is -2.01. The zero-order valence-electron chi connectivity index (χ0n) is 11.5. The lowest BCUT2D eigenvalue weighted by molar-refractivity contribution is 0.628. The van der Waals surface area contributed by atoms with Crippen molar-refractivity contribution in [2.75, 3.05) is 5.32 Å². The molecule has 2 aromatic heterocycles. The fourth-order valence-electron chi connectivity index (χ4n) is 2.12. The number of anilines is 2. The van der Waals surface area contributed by atoms with E-state index < -0.39 is 0 Å². The number of thiophene rings is 1. The zero-order valence-corrected chi connectivity index (χ0v) is 12.3. The molecule has 0 saturated heterocycles. The zero-order chi connectivity index (χ0) is 14.3. The van der Waals surface area contributed by atoms with Gasteiger partial charge in [-0.25, -0.2) is 14.4 Å². The van der Waals surface area contributed by atoms with Crippen LogP contribution in [-0.2, 0) is 0 Å². The van der Waals surface area contributed by atoms with Gasteiger partial charge in [-0.2, -0.15) is 0 Å². The van der Waals surface area contributed by atoms with Crippen molar-refractivity contribution in [3.8, 4) is 0 Å². The molecule has 0 aliphatic carbocycles. The minimum atomic E-state index is -0.248. The second kappa shape index (κ2) is 4.83. The van der Waals surface area contributed by atoms with Crippen LogP contribution < -0.4 is 5.32 Å². The molecule has 0 fully saturated rings. The molecule has 1 N–H and O–H groups in total. The van der Waals surface area contributed by atoms with Gasteiger partial charge >= 0.3 is 0 Å². The number of halogens is 1. The maximum Gasteiger partial charge on any atom is 0.143 e. The lowest BCUT2D eigenvalue weighted by Gasteiger charge is -2.08. The molecule has 0 bridgehead atoms. The van der Waals surface area contributed by atoms with E-state index in [2.05, 4.69) is 29.1 Å². The molecule has 3 rings (SSSR count). The monoisotopic (exact) mass is 287 g/mol. The number of fused-ring (bicyclic) bond motifs is 1. The number of hydrogen-bond acceptors (Lipinski definition) is 4. The summed E-state index contributed by atoms with van der Waals surface area (Å²) in [4.78, 5) is 11.2. The van der Waals surface area contributed by atoms with E-state index in [0.29, 0.717) is 0 Å². The van der Waals surface area contributed by atoms with Crippen molar-refractivity contribution in [3.63, 3.8) is 0 Å². The van der Waals surface area contributed by atoms with E-state index in [-0.39, 0.29) is 5.82 Å². The van der Waals surface area contributed by atoms with Gasteiger partial charge in [0.1, 0.15) is 22.3 Å². The average Bonchev–Trinajstić information content (AvgIpc) is 2.67. The van der Waals surface area contributed by atoms with Crippen LogP contribution in [0.1, 0.15) is 16.3 Å². The molecule has 0 aliphatic rings.